The zero-order valence-corrected chi connectivity index (χ0v) is 15.1. The third-order valence-electron chi connectivity index (χ3n) is 4.30. The Morgan fingerprint density at radius 1 is 1.00 bits per heavy atom. The average Bonchev–Trinajstić information content (AvgIpc) is 2.98. The van der Waals surface area contributed by atoms with E-state index in [4.69, 9.17) is 23.2 Å². The number of aromatic nitrogens is 3. The van der Waals surface area contributed by atoms with Crippen molar-refractivity contribution < 1.29 is 4.79 Å². The Morgan fingerprint density at radius 3 is 2.50 bits per heavy atom. The molecular formula is C18H14Cl2N4O2. The summed E-state index contributed by atoms with van der Waals surface area (Å²) in [7, 11) is 0. The van der Waals surface area contributed by atoms with Crippen molar-refractivity contribution in [1.29, 1.82) is 0 Å². The Balaban J connectivity index is 1.63. The summed E-state index contributed by atoms with van der Waals surface area (Å²) in [4.78, 5) is 27.0. The van der Waals surface area contributed by atoms with Gasteiger partial charge in [-0.05, 0) is 42.5 Å². The van der Waals surface area contributed by atoms with E-state index in [1.54, 1.807) is 58.0 Å². The minimum absolute atomic E-state index is 0.113. The maximum absolute atomic E-state index is 12.7. The number of amides is 1. The molecule has 1 aliphatic rings. The second kappa shape index (κ2) is 6.63. The van der Waals surface area contributed by atoms with Crippen molar-refractivity contribution in [3.63, 3.8) is 0 Å². The van der Waals surface area contributed by atoms with Crippen LogP contribution < -0.4 is 5.69 Å². The summed E-state index contributed by atoms with van der Waals surface area (Å²) in [6.45, 7) is 1.11. The highest BCUT2D eigenvalue weighted by Gasteiger charge is 2.26. The van der Waals surface area contributed by atoms with Gasteiger partial charge in [0.25, 0.3) is 5.91 Å². The molecule has 0 unspecified atom stereocenters. The van der Waals surface area contributed by atoms with E-state index in [-0.39, 0.29) is 18.1 Å². The summed E-state index contributed by atoms with van der Waals surface area (Å²) in [6.07, 6.45) is 0. The lowest BCUT2D eigenvalue weighted by atomic mass is 10.2. The number of hydrogen-bond donors (Lipinski definition) is 0. The minimum atomic E-state index is -0.235. The van der Waals surface area contributed by atoms with E-state index in [2.05, 4.69) is 5.10 Å². The van der Waals surface area contributed by atoms with E-state index in [1.807, 2.05) is 0 Å². The number of benzene rings is 2. The summed E-state index contributed by atoms with van der Waals surface area (Å²) in [5.74, 6) is 0.432. The topological polar surface area (TPSA) is 60.1 Å². The SMILES string of the molecule is O=C(c1ccc(Cl)cc1)N1CCn2c(nn(-c3cccc(Cl)c3)c2=O)C1. The molecule has 1 amide bonds. The van der Waals surface area contributed by atoms with Crippen LogP contribution >= 0.6 is 23.2 Å². The van der Waals surface area contributed by atoms with Gasteiger partial charge in [-0.25, -0.2) is 4.79 Å². The minimum Gasteiger partial charge on any atom is -0.329 e. The van der Waals surface area contributed by atoms with Gasteiger partial charge >= 0.3 is 5.69 Å². The third kappa shape index (κ3) is 3.02. The molecule has 0 atom stereocenters. The third-order valence-corrected chi connectivity index (χ3v) is 4.78. The van der Waals surface area contributed by atoms with Crippen LogP contribution in [0.3, 0.4) is 0 Å². The van der Waals surface area contributed by atoms with Gasteiger partial charge in [0.1, 0.15) is 0 Å². The second-order valence-electron chi connectivity index (χ2n) is 5.98. The van der Waals surface area contributed by atoms with Crippen LogP contribution in [0.1, 0.15) is 16.2 Å². The van der Waals surface area contributed by atoms with Gasteiger partial charge in [0.2, 0.25) is 0 Å². The predicted molar refractivity (Wildman–Crippen MR) is 99.0 cm³/mol. The van der Waals surface area contributed by atoms with E-state index in [0.717, 1.165) is 0 Å². The van der Waals surface area contributed by atoms with Crippen LogP contribution in [0, 0.1) is 0 Å². The lowest BCUT2D eigenvalue weighted by Gasteiger charge is -2.26. The monoisotopic (exact) mass is 388 g/mol. The molecule has 0 radical (unpaired) electrons. The van der Waals surface area contributed by atoms with E-state index in [0.29, 0.717) is 40.2 Å². The van der Waals surface area contributed by atoms with Gasteiger partial charge in [0, 0.05) is 28.7 Å². The van der Waals surface area contributed by atoms with Crippen molar-refractivity contribution in [2.24, 2.45) is 0 Å². The van der Waals surface area contributed by atoms with Crippen molar-refractivity contribution in [1.82, 2.24) is 19.2 Å². The number of nitrogens with zero attached hydrogens (tertiary/aromatic N) is 4. The molecule has 0 bridgehead atoms. The first-order valence-corrected chi connectivity index (χ1v) is 8.78. The molecule has 1 aromatic heterocycles. The summed E-state index contributed by atoms with van der Waals surface area (Å²) in [5, 5.41) is 5.50. The summed E-state index contributed by atoms with van der Waals surface area (Å²) >= 11 is 11.9. The average molecular weight is 389 g/mol. The number of carbonyl (C=O) groups excluding carboxylic acids is 1. The molecule has 132 valence electrons. The molecule has 3 aromatic rings. The largest absolute Gasteiger partial charge is 0.350 e. The molecule has 8 heteroatoms. The molecule has 2 heterocycles. The smallest absolute Gasteiger partial charge is 0.329 e. The van der Waals surface area contributed by atoms with Crippen LogP contribution in [-0.2, 0) is 13.1 Å². The highest BCUT2D eigenvalue weighted by molar-refractivity contribution is 6.31. The maximum Gasteiger partial charge on any atom is 0.350 e. The fourth-order valence-corrected chi connectivity index (χ4v) is 3.28. The van der Waals surface area contributed by atoms with Crippen molar-refractivity contribution in [3.8, 4) is 5.69 Å². The van der Waals surface area contributed by atoms with Gasteiger partial charge in [0.05, 0.1) is 12.2 Å². The number of halogens is 2. The van der Waals surface area contributed by atoms with E-state index in [9.17, 15) is 9.59 Å². The van der Waals surface area contributed by atoms with Crippen LogP contribution in [0.15, 0.2) is 53.3 Å². The Morgan fingerprint density at radius 2 is 1.77 bits per heavy atom. The Hall–Kier alpha value is -2.57. The van der Waals surface area contributed by atoms with Crippen LogP contribution in [-0.4, -0.2) is 31.7 Å². The first-order valence-electron chi connectivity index (χ1n) is 8.02. The highest BCUT2D eigenvalue weighted by atomic mass is 35.5. The number of carbonyl (C=O) groups is 1. The molecular weight excluding hydrogens is 375 g/mol. The van der Waals surface area contributed by atoms with Gasteiger partial charge in [0.15, 0.2) is 5.82 Å². The summed E-state index contributed by atoms with van der Waals surface area (Å²) < 4.78 is 2.91. The van der Waals surface area contributed by atoms with Gasteiger partial charge in [-0.2, -0.15) is 4.68 Å². The lowest BCUT2D eigenvalue weighted by molar-refractivity contribution is 0.0706. The van der Waals surface area contributed by atoms with Crippen LogP contribution in [0.4, 0.5) is 0 Å². The number of fused-ring (bicyclic) bond motifs is 1. The fourth-order valence-electron chi connectivity index (χ4n) is 2.97. The molecule has 0 N–H and O–H groups in total. The normalized spacial score (nSPS) is 13.5. The molecule has 0 aliphatic carbocycles. The molecule has 2 aromatic carbocycles. The molecule has 6 nitrogen and oxygen atoms in total. The van der Waals surface area contributed by atoms with Crippen LogP contribution in [0.25, 0.3) is 5.69 Å². The molecule has 0 spiro atoms. The predicted octanol–water partition coefficient (Wildman–Crippen LogP) is 3.00. The molecule has 1 aliphatic heterocycles. The Bertz CT molecular complexity index is 1040. The Labute approximate surface area is 159 Å². The van der Waals surface area contributed by atoms with Crippen LogP contribution in [0.5, 0.6) is 0 Å². The van der Waals surface area contributed by atoms with E-state index < -0.39 is 0 Å². The Kier molecular flexibility index (Phi) is 4.30. The van der Waals surface area contributed by atoms with Gasteiger partial charge < -0.3 is 4.90 Å². The molecule has 0 saturated carbocycles. The standard InChI is InChI=1S/C18H14Cl2N4O2/c19-13-6-4-12(5-7-13)17(25)22-8-9-23-16(11-22)21-24(18(23)26)15-3-1-2-14(20)10-15/h1-7,10H,8-9,11H2. The number of rotatable bonds is 2. The number of hydrogen-bond acceptors (Lipinski definition) is 3. The maximum atomic E-state index is 12.7. The summed E-state index contributed by atoms with van der Waals surface area (Å²) in [5.41, 5.74) is 0.917. The van der Waals surface area contributed by atoms with Crippen molar-refractivity contribution in [2.75, 3.05) is 6.54 Å². The lowest BCUT2D eigenvalue weighted by Crippen LogP contribution is -2.40. The van der Waals surface area contributed by atoms with Gasteiger partial charge in [-0.1, -0.05) is 29.3 Å². The van der Waals surface area contributed by atoms with Crippen molar-refractivity contribution >= 4 is 29.1 Å². The summed E-state index contributed by atoms with van der Waals surface area (Å²) in [6, 6.07) is 13.7. The molecule has 4 rings (SSSR count). The second-order valence-corrected chi connectivity index (χ2v) is 6.85. The van der Waals surface area contributed by atoms with E-state index >= 15 is 0 Å². The van der Waals surface area contributed by atoms with Crippen molar-refractivity contribution in [2.45, 2.75) is 13.1 Å². The fraction of sp³-hybridized carbons (Fsp3) is 0.167. The zero-order chi connectivity index (χ0) is 18.3. The van der Waals surface area contributed by atoms with Gasteiger partial charge in [-0.3, -0.25) is 9.36 Å². The quantitative estimate of drug-likeness (QED) is 0.677. The van der Waals surface area contributed by atoms with Gasteiger partial charge in [-0.15, -0.1) is 5.10 Å². The highest BCUT2D eigenvalue weighted by Crippen LogP contribution is 2.17. The van der Waals surface area contributed by atoms with Crippen LogP contribution in [0.2, 0.25) is 10.0 Å². The van der Waals surface area contributed by atoms with Crippen molar-refractivity contribution in [3.05, 3.63) is 80.4 Å². The zero-order valence-electron chi connectivity index (χ0n) is 13.6. The molecule has 26 heavy (non-hydrogen) atoms. The molecule has 0 fully saturated rings. The van der Waals surface area contributed by atoms with E-state index in [1.165, 1.54) is 4.68 Å². The first kappa shape index (κ1) is 16.9. The first-order chi connectivity index (χ1) is 12.5. The molecule has 0 saturated heterocycles.